The van der Waals surface area contributed by atoms with Crippen molar-refractivity contribution in [3.63, 3.8) is 0 Å². The molecular weight excluding hydrogens is 450 g/mol. The first-order chi connectivity index (χ1) is 11.4. The zero-order valence-electron chi connectivity index (χ0n) is 11.5. The third-order valence-corrected chi connectivity index (χ3v) is 5.61. The molecule has 0 radical (unpaired) electrons. The molecule has 0 aliphatic carbocycles. The van der Waals surface area contributed by atoms with Crippen molar-refractivity contribution in [3.05, 3.63) is 45.7 Å². The van der Waals surface area contributed by atoms with Gasteiger partial charge in [0.05, 0.1) is 21.2 Å². The summed E-state index contributed by atoms with van der Waals surface area (Å²) in [5.74, 6) is 0. The lowest BCUT2D eigenvalue weighted by atomic mass is 10.2. The summed E-state index contributed by atoms with van der Waals surface area (Å²) >= 11 is 22.1. The molecule has 1 aromatic carbocycles. The van der Waals surface area contributed by atoms with Gasteiger partial charge in [-0.1, -0.05) is 46.4 Å². The van der Waals surface area contributed by atoms with Gasteiger partial charge in [-0.3, -0.25) is 0 Å². The van der Waals surface area contributed by atoms with Crippen LogP contribution >= 0.6 is 46.4 Å². The molecule has 1 heterocycles. The van der Waals surface area contributed by atoms with Crippen LogP contribution in [0.4, 0.5) is 17.6 Å². The summed E-state index contributed by atoms with van der Waals surface area (Å²) in [7, 11) is -2.69. The number of hydrogen-bond acceptors (Lipinski definition) is 2. The maximum absolute atomic E-state index is 13.5. The first-order valence-electron chi connectivity index (χ1n) is 6.04. The lowest BCUT2D eigenvalue weighted by Gasteiger charge is -2.11. The number of nitriles is 1. The quantitative estimate of drug-likeness (QED) is 0.432. The average Bonchev–Trinajstić information content (AvgIpc) is 2.81. The van der Waals surface area contributed by atoms with E-state index in [4.69, 9.17) is 51.7 Å². The van der Waals surface area contributed by atoms with Crippen molar-refractivity contribution in [2.45, 2.75) is 15.0 Å². The largest absolute Gasteiger partial charge is 0.416 e. The summed E-state index contributed by atoms with van der Waals surface area (Å²) in [5, 5.41) is 8.43. The molecule has 1 atom stereocenters. The molecule has 0 saturated carbocycles. The molecule has 0 spiro atoms. The molecule has 1 unspecified atom stereocenters. The Morgan fingerprint density at radius 1 is 1.16 bits per heavy atom. The number of halogens is 8. The van der Waals surface area contributed by atoms with Crippen LogP contribution in [-0.2, 0) is 17.0 Å². The van der Waals surface area contributed by atoms with Crippen molar-refractivity contribution in [3.8, 4) is 11.8 Å². The first-order valence-corrected chi connectivity index (χ1v) is 8.70. The molecule has 1 aromatic heterocycles. The normalized spacial score (nSPS) is 13.6. The molecule has 0 bridgehead atoms. The number of hydrogen-bond donors (Lipinski definition) is 0. The highest BCUT2D eigenvalue weighted by atomic mass is 35.5. The second-order valence-corrected chi connectivity index (χ2v) is 8.51. The van der Waals surface area contributed by atoms with Crippen LogP contribution in [0, 0.1) is 11.3 Å². The monoisotopic (exact) mass is 452 g/mol. The first kappa shape index (κ1) is 20.3. The van der Waals surface area contributed by atoms with Gasteiger partial charge in [-0.2, -0.15) is 22.8 Å². The molecule has 3 nitrogen and oxygen atoms in total. The third kappa shape index (κ3) is 4.07. The van der Waals surface area contributed by atoms with E-state index in [9.17, 15) is 21.8 Å². The summed E-state index contributed by atoms with van der Waals surface area (Å²) in [6.07, 6.45) is -3.65. The molecule has 0 saturated heterocycles. The lowest BCUT2D eigenvalue weighted by Crippen LogP contribution is -2.13. The highest BCUT2D eigenvalue weighted by Gasteiger charge is 2.37. The average molecular weight is 454 g/mol. The highest BCUT2D eigenvalue weighted by Crippen LogP contribution is 2.39. The fourth-order valence-corrected chi connectivity index (χ4v) is 3.77. The van der Waals surface area contributed by atoms with E-state index < -0.39 is 36.9 Å². The van der Waals surface area contributed by atoms with Crippen molar-refractivity contribution in [1.29, 1.82) is 5.26 Å². The van der Waals surface area contributed by atoms with Crippen LogP contribution in [-0.4, -0.2) is 12.7 Å². The standard InChI is InChI=1S/C13H4Cl4F4N2OS/c14-8-3-6(12(18,19)20)1-2-9(8)23-5-10(7(4-22)11(23)15)25(24)13(16,17)21/h1-3,5H. The third-order valence-electron chi connectivity index (χ3n) is 2.97. The van der Waals surface area contributed by atoms with Gasteiger partial charge >= 0.3 is 10.1 Å². The molecule has 2 aromatic rings. The molecule has 0 aliphatic heterocycles. The summed E-state index contributed by atoms with van der Waals surface area (Å²) in [6, 6.07) is 3.99. The Labute approximate surface area is 161 Å². The van der Waals surface area contributed by atoms with Gasteiger partial charge in [-0.05, 0) is 18.2 Å². The molecule has 25 heavy (non-hydrogen) atoms. The second kappa shape index (κ2) is 6.97. The van der Waals surface area contributed by atoms with Gasteiger partial charge in [-0.15, -0.1) is 0 Å². The number of benzene rings is 1. The minimum atomic E-state index is -4.61. The van der Waals surface area contributed by atoms with E-state index in [1.54, 1.807) is 6.07 Å². The van der Waals surface area contributed by atoms with Crippen molar-refractivity contribution in [2.24, 2.45) is 0 Å². The van der Waals surface area contributed by atoms with Gasteiger partial charge in [0.1, 0.15) is 27.6 Å². The molecule has 2 rings (SSSR count). The van der Waals surface area contributed by atoms with Crippen LogP contribution in [0.3, 0.4) is 0 Å². The van der Waals surface area contributed by atoms with E-state index in [1.165, 1.54) is 0 Å². The molecule has 0 fully saturated rings. The number of alkyl halides is 6. The predicted octanol–water partition coefficient (Wildman–Crippen LogP) is 5.84. The van der Waals surface area contributed by atoms with Crippen molar-refractivity contribution in [2.75, 3.05) is 0 Å². The lowest BCUT2D eigenvalue weighted by molar-refractivity contribution is -0.137. The van der Waals surface area contributed by atoms with Crippen LogP contribution in [0.1, 0.15) is 11.1 Å². The summed E-state index contributed by atoms with van der Waals surface area (Å²) in [4.78, 5) is -0.434. The van der Waals surface area contributed by atoms with Crippen LogP contribution in [0.25, 0.3) is 5.69 Å². The maximum Gasteiger partial charge on any atom is 0.416 e. The number of aromatic nitrogens is 1. The molecular formula is C13H4Cl4F4N2OS. The topological polar surface area (TPSA) is 45.8 Å². The number of nitrogens with zero attached hydrogens (tertiary/aromatic N) is 2. The SMILES string of the molecule is N#Cc1c(S(=O)C(F)(Cl)Cl)cn(-c2ccc(C(F)(F)F)cc2Cl)c1Cl. The Bertz CT molecular complexity index is 899. The second-order valence-electron chi connectivity index (χ2n) is 4.52. The van der Waals surface area contributed by atoms with Gasteiger partial charge in [-0.25, -0.2) is 4.21 Å². The summed E-state index contributed by atoms with van der Waals surface area (Å²) in [6.45, 7) is 0. The van der Waals surface area contributed by atoms with Crippen molar-refractivity contribution >= 4 is 57.2 Å². The number of rotatable bonds is 3. The molecule has 134 valence electrons. The smallest absolute Gasteiger partial charge is 0.304 e. The van der Waals surface area contributed by atoms with Crippen molar-refractivity contribution < 1.29 is 21.8 Å². The van der Waals surface area contributed by atoms with Gasteiger partial charge in [0.15, 0.2) is 0 Å². The molecule has 0 aliphatic rings. The van der Waals surface area contributed by atoms with E-state index in [1.807, 2.05) is 0 Å². The minimum Gasteiger partial charge on any atom is -0.304 e. The maximum atomic E-state index is 13.5. The zero-order chi connectivity index (χ0) is 19.2. The van der Waals surface area contributed by atoms with E-state index in [2.05, 4.69) is 0 Å². The van der Waals surface area contributed by atoms with Crippen LogP contribution in [0.5, 0.6) is 0 Å². The molecule has 0 amide bonds. The Kier molecular flexibility index (Phi) is 5.67. The zero-order valence-corrected chi connectivity index (χ0v) is 15.4. The summed E-state index contributed by atoms with van der Waals surface area (Å²) in [5.41, 5.74) is -1.45. The summed E-state index contributed by atoms with van der Waals surface area (Å²) < 4.78 is 61.4. The van der Waals surface area contributed by atoms with Crippen LogP contribution < -0.4 is 0 Å². The van der Waals surface area contributed by atoms with E-state index >= 15 is 0 Å². The van der Waals surface area contributed by atoms with Gasteiger partial charge in [0, 0.05) is 6.20 Å². The van der Waals surface area contributed by atoms with Gasteiger partial charge < -0.3 is 4.57 Å². The Balaban J connectivity index is 2.64. The van der Waals surface area contributed by atoms with E-state index in [0.29, 0.717) is 6.07 Å². The fourth-order valence-electron chi connectivity index (χ4n) is 1.88. The highest BCUT2D eigenvalue weighted by molar-refractivity contribution is 7.89. The Hall–Kier alpha value is -0.980. The minimum absolute atomic E-state index is 0.0481. The fraction of sp³-hybridized carbons (Fsp3) is 0.154. The Morgan fingerprint density at radius 2 is 1.76 bits per heavy atom. The van der Waals surface area contributed by atoms with Gasteiger partial charge in [0.25, 0.3) is 0 Å². The van der Waals surface area contributed by atoms with E-state index in [0.717, 1.165) is 22.9 Å². The Morgan fingerprint density at radius 3 is 2.20 bits per heavy atom. The van der Waals surface area contributed by atoms with Crippen molar-refractivity contribution in [1.82, 2.24) is 4.57 Å². The molecule has 12 heteroatoms. The van der Waals surface area contributed by atoms with Crippen LogP contribution in [0.15, 0.2) is 29.3 Å². The van der Waals surface area contributed by atoms with E-state index in [-0.39, 0.29) is 15.9 Å². The van der Waals surface area contributed by atoms with Gasteiger partial charge in [0.2, 0.25) is 0 Å². The molecule has 0 N–H and O–H groups in total. The van der Waals surface area contributed by atoms with Crippen LogP contribution in [0.2, 0.25) is 10.2 Å². The predicted molar refractivity (Wildman–Crippen MR) is 87.5 cm³/mol.